The Morgan fingerprint density at radius 2 is 2.24 bits per heavy atom. The summed E-state index contributed by atoms with van der Waals surface area (Å²) in [7, 11) is 0.725. The molecule has 0 saturated carbocycles. The second-order valence-electron chi connectivity index (χ2n) is 4.03. The van der Waals surface area contributed by atoms with Gasteiger partial charge in [0, 0.05) is 35.4 Å². The molecule has 96 valence electrons. The number of benzene rings is 1. The molecule has 0 spiro atoms. The molecule has 0 amide bonds. The molecule has 0 heterocycles. The Labute approximate surface area is 104 Å². The Balaban J connectivity index is 2.52. The predicted octanol–water partition coefficient (Wildman–Crippen LogP) is 1.26. The molecule has 2 unspecified atom stereocenters. The fourth-order valence-electron chi connectivity index (χ4n) is 1.55. The van der Waals surface area contributed by atoms with Crippen LogP contribution in [-0.2, 0) is 17.3 Å². The van der Waals surface area contributed by atoms with E-state index in [1.165, 1.54) is 7.11 Å². The quantitative estimate of drug-likeness (QED) is 0.805. The third-order valence-electron chi connectivity index (χ3n) is 2.38. The highest BCUT2D eigenvalue weighted by atomic mass is 32.2. The minimum Gasteiger partial charge on any atom is -0.504 e. The molecule has 0 radical (unpaired) electrons. The standard InChI is InChI=1S/C12H19NO3S/c1-9(8-17(3)15)13-7-10-4-5-12(16-2)11(14)6-10/h4-6,9,13-14H,7-8H2,1-3H3. The molecule has 0 aliphatic heterocycles. The summed E-state index contributed by atoms with van der Waals surface area (Å²) in [5.41, 5.74) is 0.969. The Hall–Kier alpha value is -1.07. The first-order chi connectivity index (χ1) is 8.02. The minimum absolute atomic E-state index is 0.138. The molecular weight excluding hydrogens is 238 g/mol. The Morgan fingerprint density at radius 3 is 2.76 bits per heavy atom. The van der Waals surface area contributed by atoms with Gasteiger partial charge in [-0.25, -0.2) is 0 Å². The number of phenols is 1. The minimum atomic E-state index is -0.795. The van der Waals surface area contributed by atoms with Gasteiger partial charge in [0.1, 0.15) is 0 Å². The Morgan fingerprint density at radius 1 is 1.53 bits per heavy atom. The average Bonchev–Trinajstić information content (AvgIpc) is 2.25. The zero-order valence-corrected chi connectivity index (χ0v) is 11.2. The van der Waals surface area contributed by atoms with Gasteiger partial charge >= 0.3 is 0 Å². The molecule has 1 aromatic carbocycles. The smallest absolute Gasteiger partial charge is 0.160 e. The number of aromatic hydroxyl groups is 1. The monoisotopic (exact) mass is 257 g/mol. The van der Waals surface area contributed by atoms with Crippen LogP contribution in [0.15, 0.2) is 18.2 Å². The van der Waals surface area contributed by atoms with Gasteiger partial charge in [-0.1, -0.05) is 6.07 Å². The van der Waals surface area contributed by atoms with Crippen molar-refractivity contribution in [3.63, 3.8) is 0 Å². The SMILES string of the molecule is COc1ccc(CNC(C)CS(C)=O)cc1O. The maximum absolute atomic E-state index is 11.0. The van der Waals surface area contributed by atoms with Crippen molar-refractivity contribution in [2.24, 2.45) is 0 Å². The van der Waals surface area contributed by atoms with Crippen molar-refractivity contribution >= 4 is 10.8 Å². The van der Waals surface area contributed by atoms with E-state index in [0.29, 0.717) is 18.0 Å². The van der Waals surface area contributed by atoms with Gasteiger partial charge < -0.3 is 15.2 Å². The van der Waals surface area contributed by atoms with Crippen molar-refractivity contribution in [2.75, 3.05) is 19.1 Å². The van der Waals surface area contributed by atoms with E-state index in [-0.39, 0.29) is 11.8 Å². The van der Waals surface area contributed by atoms with Crippen LogP contribution in [0.3, 0.4) is 0 Å². The van der Waals surface area contributed by atoms with Gasteiger partial charge in [0.05, 0.1) is 7.11 Å². The van der Waals surface area contributed by atoms with Crippen molar-refractivity contribution in [1.29, 1.82) is 0 Å². The number of rotatable bonds is 6. The number of methoxy groups -OCH3 is 1. The molecule has 0 aliphatic carbocycles. The second-order valence-corrected chi connectivity index (χ2v) is 5.51. The van der Waals surface area contributed by atoms with Crippen LogP contribution in [0.2, 0.25) is 0 Å². The summed E-state index contributed by atoms with van der Waals surface area (Å²) in [5.74, 6) is 1.23. The van der Waals surface area contributed by atoms with E-state index in [2.05, 4.69) is 5.32 Å². The summed E-state index contributed by atoms with van der Waals surface area (Å²) in [6, 6.07) is 5.47. The van der Waals surface area contributed by atoms with Crippen LogP contribution < -0.4 is 10.1 Å². The van der Waals surface area contributed by atoms with Crippen LogP contribution in [-0.4, -0.2) is 34.5 Å². The zero-order valence-electron chi connectivity index (χ0n) is 10.4. The first-order valence-electron chi connectivity index (χ1n) is 5.42. The third kappa shape index (κ3) is 4.75. The first kappa shape index (κ1) is 14.0. The number of phenolic OH excluding ortho intramolecular Hbond substituents is 1. The highest BCUT2D eigenvalue weighted by Crippen LogP contribution is 2.26. The molecule has 0 aliphatic rings. The Bertz CT molecular complexity index is 395. The lowest BCUT2D eigenvalue weighted by Gasteiger charge is -2.13. The molecule has 4 nitrogen and oxygen atoms in total. The van der Waals surface area contributed by atoms with E-state index < -0.39 is 10.8 Å². The molecule has 2 N–H and O–H groups in total. The molecule has 1 rings (SSSR count). The van der Waals surface area contributed by atoms with Crippen LogP contribution in [0.1, 0.15) is 12.5 Å². The number of hydrogen-bond acceptors (Lipinski definition) is 4. The maximum Gasteiger partial charge on any atom is 0.160 e. The molecule has 1 aromatic rings. The highest BCUT2D eigenvalue weighted by Gasteiger charge is 2.06. The summed E-state index contributed by atoms with van der Waals surface area (Å²) in [6.45, 7) is 2.63. The first-order valence-corrected chi connectivity index (χ1v) is 7.15. The zero-order chi connectivity index (χ0) is 12.8. The second kappa shape index (κ2) is 6.61. The summed E-state index contributed by atoms with van der Waals surface area (Å²) in [5, 5.41) is 12.9. The van der Waals surface area contributed by atoms with Gasteiger partial charge in [0.2, 0.25) is 0 Å². The fourth-order valence-corrected chi connectivity index (χ4v) is 2.37. The fraction of sp³-hybridized carbons (Fsp3) is 0.500. The summed E-state index contributed by atoms with van der Waals surface area (Å²) in [4.78, 5) is 0. The number of hydrogen-bond donors (Lipinski definition) is 2. The Kier molecular flexibility index (Phi) is 5.44. The van der Waals surface area contributed by atoms with Crippen LogP contribution in [0.25, 0.3) is 0 Å². The maximum atomic E-state index is 11.0. The van der Waals surface area contributed by atoms with E-state index in [1.54, 1.807) is 18.4 Å². The van der Waals surface area contributed by atoms with Crippen molar-refractivity contribution < 1.29 is 14.1 Å². The van der Waals surface area contributed by atoms with Crippen molar-refractivity contribution in [3.8, 4) is 11.5 Å². The van der Waals surface area contributed by atoms with Gasteiger partial charge in [-0.15, -0.1) is 0 Å². The summed E-state index contributed by atoms with van der Waals surface area (Å²) in [6.07, 6.45) is 1.69. The van der Waals surface area contributed by atoms with Crippen molar-refractivity contribution in [1.82, 2.24) is 5.32 Å². The molecule has 0 saturated heterocycles. The van der Waals surface area contributed by atoms with Crippen molar-refractivity contribution in [3.05, 3.63) is 23.8 Å². The van der Waals surface area contributed by atoms with Gasteiger partial charge in [-0.2, -0.15) is 0 Å². The molecule has 0 fully saturated rings. The molecule has 5 heteroatoms. The van der Waals surface area contributed by atoms with E-state index in [4.69, 9.17) is 4.74 Å². The van der Waals surface area contributed by atoms with Gasteiger partial charge in [0.25, 0.3) is 0 Å². The van der Waals surface area contributed by atoms with Gasteiger partial charge in [-0.05, 0) is 24.6 Å². The lowest BCUT2D eigenvalue weighted by molar-refractivity contribution is 0.373. The number of ether oxygens (including phenoxy) is 1. The molecule has 0 bridgehead atoms. The lowest BCUT2D eigenvalue weighted by Crippen LogP contribution is -2.30. The van der Waals surface area contributed by atoms with Gasteiger partial charge in [-0.3, -0.25) is 4.21 Å². The van der Waals surface area contributed by atoms with Crippen molar-refractivity contribution in [2.45, 2.75) is 19.5 Å². The van der Waals surface area contributed by atoms with Crippen LogP contribution in [0, 0.1) is 0 Å². The van der Waals surface area contributed by atoms with Crippen LogP contribution in [0.5, 0.6) is 11.5 Å². The topological polar surface area (TPSA) is 58.6 Å². The summed E-state index contributed by atoms with van der Waals surface area (Å²) < 4.78 is 16.0. The molecule has 2 atom stereocenters. The molecule has 0 aromatic heterocycles. The molecule has 17 heavy (non-hydrogen) atoms. The third-order valence-corrected chi connectivity index (χ3v) is 3.35. The number of nitrogens with one attached hydrogen (secondary N) is 1. The van der Waals surface area contributed by atoms with Gasteiger partial charge in [0.15, 0.2) is 11.5 Å². The summed E-state index contributed by atoms with van der Waals surface area (Å²) >= 11 is 0. The van der Waals surface area contributed by atoms with E-state index >= 15 is 0 Å². The van der Waals surface area contributed by atoms with Crippen LogP contribution >= 0.6 is 0 Å². The van der Waals surface area contributed by atoms with E-state index in [9.17, 15) is 9.32 Å². The lowest BCUT2D eigenvalue weighted by atomic mass is 10.2. The van der Waals surface area contributed by atoms with E-state index in [1.807, 2.05) is 13.0 Å². The van der Waals surface area contributed by atoms with E-state index in [0.717, 1.165) is 5.56 Å². The van der Waals surface area contributed by atoms with Crippen LogP contribution in [0.4, 0.5) is 0 Å². The predicted molar refractivity (Wildman–Crippen MR) is 69.9 cm³/mol. The normalized spacial score (nSPS) is 14.3. The highest BCUT2D eigenvalue weighted by molar-refractivity contribution is 7.84. The average molecular weight is 257 g/mol. The largest absolute Gasteiger partial charge is 0.504 e. The molecular formula is C12H19NO3S.